The van der Waals surface area contributed by atoms with Gasteiger partial charge in [0.05, 0.1) is 12.7 Å². The molecule has 110 valence electrons. The number of aryl methyl sites for hydroxylation is 1. The van der Waals surface area contributed by atoms with Crippen molar-refractivity contribution in [2.24, 2.45) is 11.8 Å². The zero-order valence-corrected chi connectivity index (χ0v) is 12.5. The predicted octanol–water partition coefficient (Wildman–Crippen LogP) is 1.85. The van der Waals surface area contributed by atoms with Gasteiger partial charge in [0.15, 0.2) is 0 Å². The zero-order valence-electron chi connectivity index (χ0n) is 11.7. The van der Waals surface area contributed by atoms with E-state index in [1.165, 1.54) is 5.56 Å². The molecule has 0 radical (unpaired) electrons. The lowest BCUT2D eigenvalue weighted by Crippen LogP contribution is -2.62. The number of carbonyl (C=O) groups is 1. The molecule has 1 N–H and O–H groups in total. The highest BCUT2D eigenvalue weighted by atomic mass is 32.1. The second kappa shape index (κ2) is 6.24. The number of fused-ring (bicyclic) bond motifs is 1. The van der Waals surface area contributed by atoms with Gasteiger partial charge >= 0.3 is 0 Å². The van der Waals surface area contributed by atoms with Crippen LogP contribution in [0.1, 0.15) is 18.4 Å². The van der Waals surface area contributed by atoms with Gasteiger partial charge in [-0.05, 0) is 35.2 Å². The van der Waals surface area contributed by atoms with Crippen LogP contribution in [0.5, 0.6) is 0 Å². The molecular formula is C15H21NO3S. The molecule has 1 amide bonds. The maximum atomic E-state index is 12.1. The third-order valence-corrected chi connectivity index (χ3v) is 5.17. The minimum Gasteiger partial charge on any atom is -0.384 e. The summed E-state index contributed by atoms with van der Waals surface area (Å²) < 4.78 is 11.0. The van der Waals surface area contributed by atoms with Gasteiger partial charge in [0, 0.05) is 38.0 Å². The Balaban J connectivity index is 1.49. The van der Waals surface area contributed by atoms with Crippen LogP contribution in [-0.4, -0.2) is 38.4 Å². The Morgan fingerprint density at radius 3 is 3.25 bits per heavy atom. The van der Waals surface area contributed by atoms with Crippen molar-refractivity contribution in [3.05, 3.63) is 22.4 Å². The van der Waals surface area contributed by atoms with Crippen LogP contribution in [0, 0.1) is 11.8 Å². The van der Waals surface area contributed by atoms with E-state index in [-0.39, 0.29) is 18.1 Å². The summed E-state index contributed by atoms with van der Waals surface area (Å²) in [5, 5.41) is 7.34. The number of nitrogens with one attached hydrogen (secondary N) is 1. The SMILES string of the molecule is COC[C@H]1[C@H](NC(=O)CCc2ccsc2)[C@H]2CCO[C@H]21. The van der Waals surface area contributed by atoms with Crippen LogP contribution in [0.15, 0.2) is 16.8 Å². The van der Waals surface area contributed by atoms with Crippen molar-refractivity contribution in [1.29, 1.82) is 0 Å². The topological polar surface area (TPSA) is 47.6 Å². The molecule has 2 aliphatic rings. The van der Waals surface area contributed by atoms with E-state index in [0.717, 1.165) is 19.4 Å². The van der Waals surface area contributed by atoms with Crippen molar-refractivity contribution in [2.75, 3.05) is 20.3 Å². The van der Waals surface area contributed by atoms with Gasteiger partial charge in [-0.25, -0.2) is 0 Å². The predicted molar refractivity (Wildman–Crippen MR) is 77.8 cm³/mol. The van der Waals surface area contributed by atoms with Gasteiger partial charge in [-0.3, -0.25) is 4.79 Å². The van der Waals surface area contributed by atoms with Crippen LogP contribution < -0.4 is 5.32 Å². The van der Waals surface area contributed by atoms with E-state index in [9.17, 15) is 4.79 Å². The van der Waals surface area contributed by atoms with Crippen molar-refractivity contribution < 1.29 is 14.3 Å². The average molecular weight is 295 g/mol. The first-order valence-corrected chi connectivity index (χ1v) is 8.15. The number of ether oxygens (including phenoxy) is 2. The van der Waals surface area contributed by atoms with Gasteiger partial charge < -0.3 is 14.8 Å². The summed E-state index contributed by atoms with van der Waals surface area (Å²) in [6.07, 6.45) is 2.73. The molecule has 0 bridgehead atoms. The average Bonchev–Trinajstić information content (AvgIpc) is 3.09. The van der Waals surface area contributed by atoms with E-state index in [4.69, 9.17) is 9.47 Å². The first-order valence-electron chi connectivity index (χ1n) is 7.20. The van der Waals surface area contributed by atoms with Gasteiger partial charge in [0.1, 0.15) is 0 Å². The lowest BCUT2D eigenvalue weighted by Gasteiger charge is -2.47. The number of carbonyl (C=O) groups excluding carboxylic acids is 1. The molecule has 1 aromatic rings. The number of thiophene rings is 1. The Bertz CT molecular complexity index is 448. The van der Waals surface area contributed by atoms with Crippen molar-refractivity contribution in [3.8, 4) is 0 Å². The standard InChI is InChI=1S/C15H21NO3S/c1-18-8-12-14(11-4-6-19-15(11)12)16-13(17)3-2-10-5-7-20-9-10/h5,7,9,11-12,14-15H,2-4,6,8H2,1H3,(H,16,17)/t11-,12+,14-,15-/m1/s1. The van der Waals surface area contributed by atoms with Gasteiger partial charge in [-0.15, -0.1) is 0 Å². The fourth-order valence-electron chi connectivity index (χ4n) is 3.39. The highest BCUT2D eigenvalue weighted by Gasteiger charge is 2.54. The molecule has 0 unspecified atom stereocenters. The molecule has 5 heteroatoms. The van der Waals surface area contributed by atoms with Crippen LogP contribution in [0.3, 0.4) is 0 Å². The normalized spacial score (nSPS) is 31.6. The van der Waals surface area contributed by atoms with Crippen LogP contribution >= 0.6 is 11.3 Å². The summed E-state index contributed by atoms with van der Waals surface area (Å²) in [6, 6.07) is 2.31. The molecule has 1 aromatic heterocycles. The summed E-state index contributed by atoms with van der Waals surface area (Å²) in [4.78, 5) is 12.1. The van der Waals surface area contributed by atoms with Gasteiger partial charge in [-0.1, -0.05) is 0 Å². The van der Waals surface area contributed by atoms with E-state index in [1.54, 1.807) is 18.4 Å². The molecular weight excluding hydrogens is 274 g/mol. The van der Waals surface area contributed by atoms with E-state index in [1.807, 2.05) is 5.38 Å². The highest BCUT2D eigenvalue weighted by Crippen LogP contribution is 2.43. The second-order valence-corrected chi connectivity index (χ2v) is 6.41. The van der Waals surface area contributed by atoms with E-state index >= 15 is 0 Å². The van der Waals surface area contributed by atoms with Crippen LogP contribution in [0.4, 0.5) is 0 Å². The maximum Gasteiger partial charge on any atom is 0.220 e. The van der Waals surface area contributed by atoms with Crippen LogP contribution in [-0.2, 0) is 20.7 Å². The van der Waals surface area contributed by atoms with Gasteiger partial charge in [0.25, 0.3) is 0 Å². The third kappa shape index (κ3) is 2.75. The van der Waals surface area contributed by atoms with Gasteiger partial charge in [0.2, 0.25) is 5.91 Å². The Hall–Kier alpha value is -0.910. The molecule has 1 saturated carbocycles. The second-order valence-electron chi connectivity index (χ2n) is 5.63. The Morgan fingerprint density at radius 1 is 1.60 bits per heavy atom. The van der Waals surface area contributed by atoms with E-state index in [0.29, 0.717) is 24.9 Å². The number of amides is 1. The van der Waals surface area contributed by atoms with Crippen molar-refractivity contribution >= 4 is 17.2 Å². The largest absolute Gasteiger partial charge is 0.384 e. The molecule has 1 aliphatic heterocycles. The molecule has 2 fully saturated rings. The molecule has 3 rings (SSSR count). The van der Waals surface area contributed by atoms with Crippen LogP contribution in [0.25, 0.3) is 0 Å². The molecule has 0 aromatic carbocycles. The summed E-state index contributed by atoms with van der Waals surface area (Å²) in [6.45, 7) is 1.48. The van der Waals surface area contributed by atoms with Crippen molar-refractivity contribution in [2.45, 2.75) is 31.4 Å². The number of methoxy groups -OCH3 is 1. The monoisotopic (exact) mass is 295 g/mol. The minimum absolute atomic E-state index is 0.146. The Morgan fingerprint density at radius 2 is 2.50 bits per heavy atom. The summed E-state index contributed by atoms with van der Waals surface area (Å²) in [5.74, 6) is 0.950. The molecule has 2 heterocycles. The Kier molecular flexibility index (Phi) is 4.38. The molecule has 1 saturated heterocycles. The molecule has 0 spiro atoms. The van der Waals surface area contributed by atoms with Crippen LogP contribution in [0.2, 0.25) is 0 Å². The quantitative estimate of drug-likeness (QED) is 0.871. The third-order valence-electron chi connectivity index (χ3n) is 4.44. The highest BCUT2D eigenvalue weighted by molar-refractivity contribution is 7.07. The smallest absolute Gasteiger partial charge is 0.220 e. The number of hydrogen-bond donors (Lipinski definition) is 1. The first kappa shape index (κ1) is 14.0. The first-order chi connectivity index (χ1) is 9.79. The van der Waals surface area contributed by atoms with E-state index < -0.39 is 0 Å². The summed E-state index contributed by atoms with van der Waals surface area (Å²) >= 11 is 1.68. The van der Waals surface area contributed by atoms with Crippen molar-refractivity contribution in [3.63, 3.8) is 0 Å². The maximum absolute atomic E-state index is 12.1. The Labute approximate surface area is 123 Å². The molecule has 4 nitrogen and oxygen atoms in total. The molecule has 20 heavy (non-hydrogen) atoms. The van der Waals surface area contributed by atoms with Crippen molar-refractivity contribution in [1.82, 2.24) is 5.32 Å². The lowest BCUT2D eigenvalue weighted by atomic mass is 9.67. The molecule has 4 atom stereocenters. The van der Waals surface area contributed by atoms with E-state index in [2.05, 4.69) is 16.8 Å². The fraction of sp³-hybridized carbons (Fsp3) is 0.667. The molecule has 1 aliphatic carbocycles. The lowest BCUT2D eigenvalue weighted by molar-refractivity contribution is -0.129. The van der Waals surface area contributed by atoms with Gasteiger partial charge in [-0.2, -0.15) is 11.3 Å². The number of rotatable bonds is 6. The zero-order chi connectivity index (χ0) is 13.9. The number of hydrogen-bond acceptors (Lipinski definition) is 4. The summed E-state index contributed by atoms with van der Waals surface area (Å²) in [5.41, 5.74) is 1.24. The summed E-state index contributed by atoms with van der Waals surface area (Å²) in [7, 11) is 1.71. The minimum atomic E-state index is 0.146. The fourth-order valence-corrected chi connectivity index (χ4v) is 4.09.